The highest BCUT2D eigenvalue weighted by Crippen LogP contribution is 2.28. The standard InChI is InChI=1S/C26H29N3O5S/c1-33-20-10-4-7-18(15-20)24(26(32)28-19-8-2-3-9-19)29(17-21-11-5-13-34-21)23(30)16-27-25(31)22-12-6-14-35-22/h4-7,10-15,19,24H,2-3,8-9,16-17H2,1H3,(H,27,31)(H,28,32). The number of carbonyl (C=O) groups excluding carboxylic acids is 3. The van der Waals surface area contributed by atoms with Crippen molar-refractivity contribution in [2.24, 2.45) is 0 Å². The topological polar surface area (TPSA) is 101 Å². The molecule has 1 aliphatic carbocycles. The first-order valence-electron chi connectivity index (χ1n) is 11.6. The summed E-state index contributed by atoms with van der Waals surface area (Å²) < 4.78 is 10.9. The van der Waals surface area contributed by atoms with Crippen molar-refractivity contribution >= 4 is 29.1 Å². The predicted octanol–water partition coefficient (Wildman–Crippen LogP) is 3.91. The molecule has 1 aliphatic rings. The minimum Gasteiger partial charge on any atom is -0.497 e. The molecule has 9 heteroatoms. The van der Waals surface area contributed by atoms with Crippen LogP contribution in [0.2, 0.25) is 0 Å². The van der Waals surface area contributed by atoms with E-state index in [2.05, 4.69) is 10.6 Å². The van der Waals surface area contributed by atoms with Gasteiger partial charge in [-0.2, -0.15) is 0 Å². The average molecular weight is 496 g/mol. The molecule has 2 N–H and O–H groups in total. The van der Waals surface area contributed by atoms with Gasteiger partial charge in [-0.05, 0) is 54.1 Å². The number of amides is 3. The quantitative estimate of drug-likeness (QED) is 0.444. The van der Waals surface area contributed by atoms with Crippen molar-refractivity contribution in [3.05, 3.63) is 76.4 Å². The second-order valence-electron chi connectivity index (χ2n) is 8.43. The maximum Gasteiger partial charge on any atom is 0.261 e. The van der Waals surface area contributed by atoms with Crippen LogP contribution in [0.4, 0.5) is 0 Å². The Bertz CT molecular complexity index is 1120. The Morgan fingerprint density at radius 1 is 1.14 bits per heavy atom. The Labute approximate surface area is 208 Å². The van der Waals surface area contributed by atoms with E-state index in [0.717, 1.165) is 25.7 Å². The highest BCUT2D eigenvalue weighted by Gasteiger charge is 2.34. The fourth-order valence-electron chi connectivity index (χ4n) is 4.28. The smallest absolute Gasteiger partial charge is 0.261 e. The first-order valence-corrected chi connectivity index (χ1v) is 12.5. The van der Waals surface area contributed by atoms with Crippen molar-refractivity contribution in [2.45, 2.75) is 44.3 Å². The zero-order valence-corrected chi connectivity index (χ0v) is 20.4. The van der Waals surface area contributed by atoms with Gasteiger partial charge in [-0.1, -0.05) is 31.0 Å². The highest BCUT2D eigenvalue weighted by molar-refractivity contribution is 7.12. The maximum atomic E-state index is 13.6. The van der Waals surface area contributed by atoms with Crippen molar-refractivity contribution in [3.63, 3.8) is 0 Å². The summed E-state index contributed by atoms with van der Waals surface area (Å²) in [5.41, 5.74) is 0.615. The van der Waals surface area contributed by atoms with Gasteiger partial charge in [0.1, 0.15) is 17.6 Å². The van der Waals surface area contributed by atoms with Crippen LogP contribution in [-0.2, 0) is 16.1 Å². The van der Waals surface area contributed by atoms with Crippen molar-refractivity contribution in [2.75, 3.05) is 13.7 Å². The van der Waals surface area contributed by atoms with Gasteiger partial charge in [0, 0.05) is 6.04 Å². The minimum absolute atomic E-state index is 0.0701. The molecule has 1 fully saturated rings. The molecule has 2 aromatic heterocycles. The largest absolute Gasteiger partial charge is 0.497 e. The third-order valence-corrected chi connectivity index (χ3v) is 6.91. The van der Waals surface area contributed by atoms with Gasteiger partial charge >= 0.3 is 0 Å². The molecule has 1 saturated carbocycles. The van der Waals surface area contributed by atoms with Crippen LogP contribution >= 0.6 is 11.3 Å². The monoisotopic (exact) mass is 495 g/mol. The van der Waals surface area contributed by atoms with E-state index < -0.39 is 11.9 Å². The SMILES string of the molecule is COc1cccc(C(C(=O)NC2CCCC2)N(Cc2ccco2)C(=O)CNC(=O)c2cccs2)c1. The fourth-order valence-corrected chi connectivity index (χ4v) is 4.92. The third-order valence-electron chi connectivity index (χ3n) is 6.04. The minimum atomic E-state index is -0.929. The summed E-state index contributed by atoms with van der Waals surface area (Å²) in [6.07, 6.45) is 5.49. The molecule has 0 spiro atoms. The molecule has 0 saturated heterocycles. The van der Waals surface area contributed by atoms with Gasteiger partial charge in [0.15, 0.2) is 0 Å². The number of nitrogens with one attached hydrogen (secondary N) is 2. The van der Waals surface area contributed by atoms with E-state index in [9.17, 15) is 14.4 Å². The van der Waals surface area contributed by atoms with Crippen molar-refractivity contribution < 1.29 is 23.5 Å². The Hall–Kier alpha value is -3.59. The number of rotatable bonds is 10. The van der Waals surface area contributed by atoms with E-state index in [1.807, 2.05) is 0 Å². The van der Waals surface area contributed by atoms with Crippen LogP contribution in [-0.4, -0.2) is 42.3 Å². The molecule has 4 rings (SSSR count). The average Bonchev–Trinajstić information content (AvgIpc) is 3.66. The number of thiophene rings is 1. The first kappa shape index (κ1) is 24.5. The summed E-state index contributed by atoms with van der Waals surface area (Å²) >= 11 is 1.29. The van der Waals surface area contributed by atoms with E-state index in [0.29, 0.717) is 22.0 Å². The molecule has 35 heavy (non-hydrogen) atoms. The van der Waals surface area contributed by atoms with Gasteiger partial charge in [-0.25, -0.2) is 0 Å². The van der Waals surface area contributed by atoms with E-state index in [1.165, 1.54) is 22.5 Å². The summed E-state index contributed by atoms with van der Waals surface area (Å²) in [7, 11) is 1.55. The molecular formula is C26H29N3O5S. The van der Waals surface area contributed by atoms with E-state index in [1.54, 1.807) is 61.0 Å². The summed E-state index contributed by atoms with van der Waals surface area (Å²) in [6, 6.07) is 13.2. The molecule has 2 heterocycles. The number of hydrogen-bond donors (Lipinski definition) is 2. The maximum absolute atomic E-state index is 13.6. The van der Waals surface area contributed by atoms with Gasteiger partial charge in [0.05, 0.1) is 31.3 Å². The number of carbonyl (C=O) groups is 3. The van der Waals surface area contributed by atoms with Crippen LogP contribution in [0.3, 0.4) is 0 Å². The van der Waals surface area contributed by atoms with Crippen LogP contribution in [0.25, 0.3) is 0 Å². The first-order chi connectivity index (χ1) is 17.0. The Kier molecular flexibility index (Phi) is 8.20. The van der Waals surface area contributed by atoms with Crippen molar-refractivity contribution in [1.29, 1.82) is 0 Å². The summed E-state index contributed by atoms with van der Waals surface area (Å²) in [4.78, 5) is 41.6. The zero-order chi connectivity index (χ0) is 24.6. The van der Waals surface area contributed by atoms with E-state index in [4.69, 9.17) is 9.15 Å². The lowest BCUT2D eigenvalue weighted by Crippen LogP contribution is -2.48. The molecule has 184 valence electrons. The molecular weight excluding hydrogens is 466 g/mol. The van der Waals surface area contributed by atoms with Crippen LogP contribution < -0.4 is 15.4 Å². The Morgan fingerprint density at radius 3 is 2.66 bits per heavy atom. The number of hydrogen-bond acceptors (Lipinski definition) is 6. The lowest BCUT2D eigenvalue weighted by molar-refractivity contribution is -0.141. The van der Waals surface area contributed by atoms with Crippen LogP contribution in [0, 0.1) is 0 Å². The zero-order valence-electron chi connectivity index (χ0n) is 19.6. The predicted molar refractivity (Wildman–Crippen MR) is 132 cm³/mol. The van der Waals surface area contributed by atoms with Gasteiger partial charge in [0.2, 0.25) is 11.8 Å². The number of nitrogens with zero attached hydrogens (tertiary/aromatic N) is 1. The molecule has 1 aromatic carbocycles. The molecule has 8 nitrogen and oxygen atoms in total. The van der Waals surface area contributed by atoms with Crippen LogP contribution in [0.15, 0.2) is 64.6 Å². The summed E-state index contributed by atoms with van der Waals surface area (Å²) in [6.45, 7) is -0.185. The lowest BCUT2D eigenvalue weighted by Gasteiger charge is -2.32. The molecule has 1 unspecified atom stereocenters. The lowest BCUT2D eigenvalue weighted by atomic mass is 10.0. The van der Waals surface area contributed by atoms with Gasteiger partial charge in [-0.3, -0.25) is 14.4 Å². The van der Waals surface area contributed by atoms with Gasteiger partial charge in [0.25, 0.3) is 5.91 Å². The van der Waals surface area contributed by atoms with Crippen molar-refractivity contribution in [3.8, 4) is 5.75 Å². The third kappa shape index (κ3) is 6.30. The number of furan rings is 1. The molecule has 0 aliphatic heterocycles. The molecule has 3 aromatic rings. The summed E-state index contributed by atoms with van der Waals surface area (Å²) in [5.74, 6) is 0.108. The van der Waals surface area contributed by atoms with Gasteiger partial charge in [-0.15, -0.1) is 11.3 Å². The van der Waals surface area contributed by atoms with E-state index in [-0.39, 0.29) is 30.9 Å². The summed E-state index contributed by atoms with van der Waals surface area (Å²) in [5, 5.41) is 7.60. The molecule has 3 amide bonds. The fraction of sp³-hybridized carbons (Fsp3) is 0.346. The molecule has 1 atom stereocenters. The Morgan fingerprint density at radius 2 is 1.97 bits per heavy atom. The number of benzene rings is 1. The number of ether oxygens (including phenoxy) is 1. The molecule has 0 bridgehead atoms. The van der Waals surface area contributed by atoms with Crippen LogP contribution in [0.1, 0.15) is 52.7 Å². The second-order valence-corrected chi connectivity index (χ2v) is 9.38. The van der Waals surface area contributed by atoms with Crippen LogP contribution in [0.5, 0.6) is 5.75 Å². The van der Waals surface area contributed by atoms with Gasteiger partial charge < -0.3 is 24.7 Å². The highest BCUT2D eigenvalue weighted by atomic mass is 32.1. The molecule has 0 radical (unpaired) electrons. The second kappa shape index (κ2) is 11.7. The normalized spacial score (nSPS) is 14.3. The van der Waals surface area contributed by atoms with Crippen molar-refractivity contribution in [1.82, 2.24) is 15.5 Å². The Balaban J connectivity index is 1.63. The number of methoxy groups -OCH3 is 1. The van der Waals surface area contributed by atoms with E-state index >= 15 is 0 Å².